The molecule has 122 valence electrons. The third-order valence-corrected chi connectivity index (χ3v) is 4.78. The van der Waals surface area contributed by atoms with Crippen LogP contribution in [0.15, 0.2) is 61.3 Å². The SMILES string of the molecule is CCCc1nc2ccc(Br)cc2c(=O)n1N=Cc1ccccc1Br. The minimum Gasteiger partial charge on any atom is -0.267 e. The average Bonchev–Trinajstić information content (AvgIpc) is 2.57. The summed E-state index contributed by atoms with van der Waals surface area (Å²) in [6.07, 6.45) is 3.25. The summed E-state index contributed by atoms with van der Waals surface area (Å²) in [5.74, 6) is 0.667. The van der Waals surface area contributed by atoms with E-state index in [1.807, 2.05) is 36.4 Å². The maximum Gasteiger partial charge on any atom is 0.282 e. The van der Waals surface area contributed by atoms with Crippen molar-refractivity contribution in [1.29, 1.82) is 0 Å². The fourth-order valence-electron chi connectivity index (χ4n) is 2.40. The number of hydrogen-bond donors (Lipinski definition) is 0. The lowest BCUT2D eigenvalue weighted by atomic mass is 10.2. The zero-order chi connectivity index (χ0) is 17.1. The van der Waals surface area contributed by atoms with Crippen molar-refractivity contribution in [2.24, 2.45) is 5.10 Å². The zero-order valence-electron chi connectivity index (χ0n) is 13.0. The van der Waals surface area contributed by atoms with E-state index in [1.54, 1.807) is 12.3 Å². The molecule has 4 nitrogen and oxygen atoms in total. The van der Waals surface area contributed by atoms with Crippen molar-refractivity contribution < 1.29 is 0 Å². The first kappa shape index (κ1) is 17.0. The zero-order valence-corrected chi connectivity index (χ0v) is 16.2. The van der Waals surface area contributed by atoms with E-state index in [-0.39, 0.29) is 5.56 Å². The second kappa shape index (κ2) is 7.40. The number of nitrogens with zero attached hydrogens (tertiary/aromatic N) is 3. The summed E-state index contributed by atoms with van der Waals surface area (Å²) in [6, 6.07) is 13.3. The lowest BCUT2D eigenvalue weighted by Gasteiger charge is -2.08. The maximum atomic E-state index is 12.9. The summed E-state index contributed by atoms with van der Waals surface area (Å²) in [7, 11) is 0. The van der Waals surface area contributed by atoms with Crippen LogP contribution in [0.4, 0.5) is 0 Å². The Morgan fingerprint density at radius 3 is 2.75 bits per heavy atom. The Labute approximate surface area is 156 Å². The first-order valence-corrected chi connectivity index (χ1v) is 9.19. The van der Waals surface area contributed by atoms with Crippen LogP contribution in [0, 0.1) is 0 Å². The Morgan fingerprint density at radius 1 is 1.21 bits per heavy atom. The number of aromatic nitrogens is 2. The molecule has 0 bridgehead atoms. The molecule has 24 heavy (non-hydrogen) atoms. The second-order valence-corrected chi connectivity index (χ2v) is 7.09. The number of benzene rings is 2. The monoisotopic (exact) mass is 447 g/mol. The molecule has 0 aliphatic carbocycles. The third-order valence-electron chi connectivity index (χ3n) is 3.57. The Hall–Kier alpha value is -1.79. The van der Waals surface area contributed by atoms with E-state index in [0.29, 0.717) is 23.1 Å². The van der Waals surface area contributed by atoms with E-state index in [2.05, 4.69) is 48.9 Å². The Balaban J connectivity index is 2.18. The molecule has 0 radical (unpaired) electrons. The lowest BCUT2D eigenvalue weighted by Crippen LogP contribution is -2.22. The van der Waals surface area contributed by atoms with E-state index in [9.17, 15) is 4.79 Å². The lowest BCUT2D eigenvalue weighted by molar-refractivity contribution is 0.703. The summed E-state index contributed by atoms with van der Waals surface area (Å²) in [4.78, 5) is 17.5. The summed E-state index contributed by atoms with van der Waals surface area (Å²) < 4.78 is 3.17. The minimum absolute atomic E-state index is 0.159. The fraction of sp³-hybridized carbons (Fsp3) is 0.167. The van der Waals surface area contributed by atoms with E-state index in [1.165, 1.54) is 4.68 Å². The van der Waals surface area contributed by atoms with Crippen molar-refractivity contribution in [3.63, 3.8) is 0 Å². The molecule has 0 saturated heterocycles. The van der Waals surface area contributed by atoms with Crippen molar-refractivity contribution in [2.45, 2.75) is 19.8 Å². The Kier molecular flexibility index (Phi) is 5.26. The van der Waals surface area contributed by atoms with Gasteiger partial charge in [0.05, 0.1) is 17.1 Å². The highest BCUT2D eigenvalue weighted by molar-refractivity contribution is 9.10. The highest BCUT2D eigenvalue weighted by atomic mass is 79.9. The highest BCUT2D eigenvalue weighted by Gasteiger charge is 2.10. The van der Waals surface area contributed by atoms with Crippen molar-refractivity contribution >= 4 is 49.0 Å². The summed E-state index contributed by atoms with van der Waals surface area (Å²) >= 11 is 6.89. The summed E-state index contributed by atoms with van der Waals surface area (Å²) in [5.41, 5.74) is 1.44. The van der Waals surface area contributed by atoms with Gasteiger partial charge in [0.15, 0.2) is 0 Å². The van der Waals surface area contributed by atoms with Gasteiger partial charge in [-0.1, -0.05) is 57.0 Å². The highest BCUT2D eigenvalue weighted by Crippen LogP contribution is 2.17. The van der Waals surface area contributed by atoms with Crippen molar-refractivity contribution in [1.82, 2.24) is 9.66 Å². The number of aryl methyl sites for hydroxylation is 1. The quantitative estimate of drug-likeness (QED) is 0.540. The van der Waals surface area contributed by atoms with Crippen molar-refractivity contribution in [2.75, 3.05) is 0 Å². The molecule has 0 aliphatic rings. The van der Waals surface area contributed by atoms with Gasteiger partial charge in [0.1, 0.15) is 5.82 Å². The molecule has 0 fully saturated rings. The molecular formula is C18H15Br2N3O. The van der Waals surface area contributed by atoms with Crippen LogP contribution in [0.1, 0.15) is 24.7 Å². The van der Waals surface area contributed by atoms with Gasteiger partial charge in [-0.15, -0.1) is 0 Å². The van der Waals surface area contributed by atoms with E-state index >= 15 is 0 Å². The van der Waals surface area contributed by atoms with Gasteiger partial charge in [-0.3, -0.25) is 4.79 Å². The number of fused-ring (bicyclic) bond motifs is 1. The molecule has 0 atom stereocenters. The molecule has 1 heterocycles. The molecule has 1 aromatic heterocycles. The molecule has 0 aliphatic heterocycles. The van der Waals surface area contributed by atoms with Crippen LogP contribution in [-0.2, 0) is 6.42 Å². The van der Waals surface area contributed by atoms with Crippen LogP contribution >= 0.6 is 31.9 Å². The van der Waals surface area contributed by atoms with E-state index < -0.39 is 0 Å². The smallest absolute Gasteiger partial charge is 0.267 e. The van der Waals surface area contributed by atoms with Crippen LogP contribution in [0.2, 0.25) is 0 Å². The van der Waals surface area contributed by atoms with Crippen molar-refractivity contribution in [3.8, 4) is 0 Å². The molecule has 0 amide bonds. The molecule has 0 unspecified atom stereocenters. The normalized spacial score (nSPS) is 11.5. The summed E-state index contributed by atoms with van der Waals surface area (Å²) in [6.45, 7) is 2.06. The largest absolute Gasteiger partial charge is 0.282 e. The summed E-state index contributed by atoms with van der Waals surface area (Å²) in [5, 5.41) is 4.96. The van der Waals surface area contributed by atoms with Gasteiger partial charge in [0.2, 0.25) is 0 Å². The van der Waals surface area contributed by atoms with Crippen LogP contribution in [0.5, 0.6) is 0 Å². The standard InChI is InChI=1S/C18H15Br2N3O/c1-2-5-17-22-16-9-8-13(19)10-14(16)18(24)23(17)21-11-12-6-3-4-7-15(12)20/h3-4,6-11H,2,5H2,1H3. The fourth-order valence-corrected chi connectivity index (χ4v) is 3.15. The molecule has 0 saturated carbocycles. The van der Waals surface area contributed by atoms with Gasteiger partial charge < -0.3 is 0 Å². The maximum absolute atomic E-state index is 12.9. The van der Waals surface area contributed by atoms with Gasteiger partial charge >= 0.3 is 0 Å². The Morgan fingerprint density at radius 2 is 2.00 bits per heavy atom. The molecule has 3 rings (SSSR count). The molecule has 6 heteroatoms. The van der Waals surface area contributed by atoms with Crippen molar-refractivity contribution in [3.05, 3.63) is 73.2 Å². The molecule has 2 aromatic carbocycles. The van der Waals surface area contributed by atoms with Crippen LogP contribution in [-0.4, -0.2) is 15.9 Å². The number of halogens is 2. The first-order valence-electron chi connectivity index (χ1n) is 7.60. The molecule has 0 spiro atoms. The van der Waals surface area contributed by atoms with Gasteiger partial charge in [-0.2, -0.15) is 9.78 Å². The predicted molar refractivity (Wildman–Crippen MR) is 105 cm³/mol. The van der Waals surface area contributed by atoms with Crippen LogP contribution in [0.3, 0.4) is 0 Å². The van der Waals surface area contributed by atoms with Gasteiger partial charge in [-0.25, -0.2) is 4.98 Å². The topological polar surface area (TPSA) is 47.2 Å². The third kappa shape index (κ3) is 3.49. The molecule has 3 aromatic rings. The minimum atomic E-state index is -0.159. The number of rotatable bonds is 4. The number of hydrogen-bond acceptors (Lipinski definition) is 3. The average molecular weight is 449 g/mol. The van der Waals surface area contributed by atoms with Crippen LogP contribution in [0.25, 0.3) is 10.9 Å². The second-order valence-electron chi connectivity index (χ2n) is 5.32. The molecular weight excluding hydrogens is 434 g/mol. The van der Waals surface area contributed by atoms with Gasteiger partial charge in [0.25, 0.3) is 5.56 Å². The van der Waals surface area contributed by atoms with Gasteiger partial charge in [0, 0.05) is 20.9 Å². The molecule has 0 N–H and O–H groups in total. The van der Waals surface area contributed by atoms with E-state index in [4.69, 9.17) is 0 Å². The Bertz CT molecular complexity index is 980. The van der Waals surface area contributed by atoms with E-state index in [0.717, 1.165) is 20.9 Å². The van der Waals surface area contributed by atoms with Crippen LogP contribution < -0.4 is 5.56 Å². The first-order chi connectivity index (χ1) is 11.6. The predicted octanol–water partition coefficient (Wildman–Crippen LogP) is 4.76. The van der Waals surface area contributed by atoms with Gasteiger partial charge in [-0.05, 0) is 30.7 Å².